The number of aliphatic imine (C=N–C) groups is 1. The summed E-state index contributed by atoms with van der Waals surface area (Å²) in [5.41, 5.74) is 1.25. The third-order valence-corrected chi connectivity index (χ3v) is 7.19. The molecule has 0 heterocycles. The summed E-state index contributed by atoms with van der Waals surface area (Å²) in [5.74, 6) is 0.264. The van der Waals surface area contributed by atoms with Crippen LogP contribution >= 0.6 is 7.92 Å². The molecule has 2 heteroatoms. The fraction of sp³-hybridized carbons (Fsp3) is 0.0800. The molecule has 1 atom stereocenters. The van der Waals surface area contributed by atoms with Crippen LogP contribution in [0, 0.1) is 5.92 Å². The van der Waals surface area contributed by atoms with Crippen molar-refractivity contribution in [2.75, 3.05) is 0 Å². The third-order valence-electron chi connectivity index (χ3n) is 4.60. The van der Waals surface area contributed by atoms with Crippen LogP contribution in [-0.2, 0) is 6.54 Å². The lowest BCUT2D eigenvalue weighted by molar-refractivity contribution is 1.04. The molecule has 1 aliphatic carbocycles. The zero-order valence-corrected chi connectivity index (χ0v) is 16.0. The van der Waals surface area contributed by atoms with Crippen LogP contribution < -0.4 is 10.6 Å². The first kappa shape index (κ1) is 17.6. The summed E-state index contributed by atoms with van der Waals surface area (Å²) < 4.78 is 0. The normalized spacial score (nSPS) is 16.2. The number of benzene rings is 3. The predicted octanol–water partition coefficient (Wildman–Crippen LogP) is 5.46. The quantitative estimate of drug-likeness (QED) is 0.405. The van der Waals surface area contributed by atoms with Gasteiger partial charge in [-0.1, -0.05) is 109 Å². The van der Waals surface area contributed by atoms with Crippen molar-refractivity contribution in [3.05, 3.63) is 120 Å². The Hall–Kier alpha value is -2.76. The number of hydrogen-bond donors (Lipinski definition) is 0. The largest absolute Gasteiger partial charge is 0.292 e. The Morgan fingerprint density at radius 3 is 1.89 bits per heavy atom. The molecule has 4 rings (SSSR count). The summed E-state index contributed by atoms with van der Waals surface area (Å²) in [5, 5.41) is 4.21. The molecule has 1 aliphatic rings. The molecule has 0 saturated carbocycles. The highest BCUT2D eigenvalue weighted by atomic mass is 31.1. The predicted molar refractivity (Wildman–Crippen MR) is 118 cm³/mol. The number of hydrogen-bond acceptors (Lipinski definition) is 1. The molecule has 3 aromatic rings. The van der Waals surface area contributed by atoms with E-state index in [0.29, 0.717) is 0 Å². The van der Waals surface area contributed by atoms with Crippen molar-refractivity contribution >= 4 is 24.7 Å². The van der Waals surface area contributed by atoms with E-state index in [9.17, 15) is 0 Å². The first-order valence-corrected chi connectivity index (χ1v) is 10.6. The maximum absolute atomic E-state index is 4.74. The standard InChI is InChI=1S/C25H22NP/c1-4-11-21(12-5-1)19-26-20-22-13-10-18-25(22)27(23-14-6-2-7-15-23)24-16-8-3-9-17-24/h1-18,20,22H,19H2. The smallest absolute Gasteiger partial charge is 0.0636 e. The monoisotopic (exact) mass is 367 g/mol. The van der Waals surface area contributed by atoms with E-state index < -0.39 is 7.92 Å². The fourth-order valence-corrected chi connectivity index (χ4v) is 5.81. The molecular weight excluding hydrogens is 345 g/mol. The highest BCUT2D eigenvalue weighted by Crippen LogP contribution is 2.48. The van der Waals surface area contributed by atoms with Gasteiger partial charge in [0.1, 0.15) is 0 Å². The van der Waals surface area contributed by atoms with Gasteiger partial charge < -0.3 is 0 Å². The van der Waals surface area contributed by atoms with Gasteiger partial charge in [-0.2, -0.15) is 0 Å². The lowest BCUT2D eigenvalue weighted by Crippen LogP contribution is -2.16. The summed E-state index contributed by atoms with van der Waals surface area (Å²) in [6.07, 6.45) is 8.83. The van der Waals surface area contributed by atoms with Crippen molar-refractivity contribution in [3.63, 3.8) is 0 Å². The summed E-state index contributed by atoms with van der Waals surface area (Å²) in [7, 11) is -0.555. The first-order chi connectivity index (χ1) is 13.4. The lowest BCUT2D eigenvalue weighted by atomic mass is 10.2. The fourth-order valence-electron chi connectivity index (χ4n) is 3.29. The van der Waals surface area contributed by atoms with Crippen LogP contribution in [0.3, 0.4) is 0 Å². The van der Waals surface area contributed by atoms with Gasteiger partial charge in [0.15, 0.2) is 0 Å². The first-order valence-electron chi connectivity index (χ1n) is 9.24. The maximum atomic E-state index is 4.74. The van der Waals surface area contributed by atoms with Gasteiger partial charge in [0.25, 0.3) is 0 Å². The van der Waals surface area contributed by atoms with Crippen LogP contribution in [0.25, 0.3) is 0 Å². The highest BCUT2D eigenvalue weighted by molar-refractivity contribution is 7.76. The minimum Gasteiger partial charge on any atom is -0.292 e. The molecule has 0 spiro atoms. The molecule has 0 fully saturated rings. The van der Waals surface area contributed by atoms with Crippen LogP contribution in [0.1, 0.15) is 5.56 Å². The Labute approximate surface area is 162 Å². The lowest BCUT2D eigenvalue weighted by Gasteiger charge is -2.23. The molecule has 1 nitrogen and oxygen atoms in total. The summed E-state index contributed by atoms with van der Waals surface area (Å²) >= 11 is 0. The van der Waals surface area contributed by atoms with Crippen molar-refractivity contribution in [2.24, 2.45) is 10.9 Å². The van der Waals surface area contributed by atoms with Crippen LogP contribution in [0.15, 0.2) is 120 Å². The summed E-state index contributed by atoms with van der Waals surface area (Å²) in [6.45, 7) is 0.729. The minimum atomic E-state index is -0.555. The van der Waals surface area contributed by atoms with Crippen molar-refractivity contribution < 1.29 is 0 Å². The molecule has 0 saturated heterocycles. The average Bonchev–Trinajstić information content (AvgIpc) is 3.19. The van der Waals surface area contributed by atoms with E-state index in [4.69, 9.17) is 4.99 Å². The SMILES string of the molecule is C1=CC(C=NCc2ccccc2)C(P(c2ccccc2)c2ccccc2)=C1. The van der Waals surface area contributed by atoms with E-state index >= 15 is 0 Å². The minimum absolute atomic E-state index is 0.264. The van der Waals surface area contributed by atoms with Crippen LogP contribution in [-0.4, -0.2) is 6.21 Å². The Kier molecular flexibility index (Phi) is 5.72. The molecule has 0 radical (unpaired) electrons. The number of nitrogens with zero attached hydrogens (tertiary/aromatic N) is 1. The molecule has 0 aromatic heterocycles. The Bertz CT molecular complexity index is 904. The Balaban J connectivity index is 1.60. The van der Waals surface area contributed by atoms with Gasteiger partial charge in [-0.25, -0.2) is 0 Å². The molecule has 132 valence electrons. The van der Waals surface area contributed by atoms with Crippen molar-refractivity contribution in [3.8, 4) is 0 Å². The van der Waals surface area contributed by atoms with Gasteiger partial charge >= 0.3 is 0 Å². The van der Waals surface area contributed by atoms with E-state index in [2.05, 4.69) is 109 Å². The van der Waals surface area contributed by atoms with E-state index in [0.717, 1.165) is 6.54 Å². The molecule has 27 heavy (non-hydrogen) atoms. The molecule has 3 aromatic carbocycles. The second kappa shape index (κ2) is 8.75. The highest BCUT2D eigenvalue weighted by Gasteiger charge is 2.24. The summed E-state index contributed by atoms with van der Waals surface area (Å²) in [4.78, 5) is 4.74. The van der Waals surface area contributed by atoms with Gasteiger partial charge in [0, 0.05) is 12.1 Å². The zero-order valence-electron chi connectivity index (χ0n) is 15.1. The zero-order chi connectivity index (χ0) is 18.3. The van der Waals surface area contributed by atoms with Crippen molar-refractivity contribution in [1.29, 1.82) is 0 Å². The van der Waals surface area contributed by atoms with Crippen LogP contribution in [0.2, 0.25) is 0 Å². The average molecular weight is 367 g/mol. The summed E-state index contributed by atoms with van der Waals surface area (Å²) in [6, 6.07) is 32.1. The maximum Gasteiger partial charge on any atom is 0.0636 e. The van der Waals surface area contributed by atoms with E-state index in [1.54, 1.807) is 0 Å². The Morgan fingerprint density at radius 2 is 1.30 bits per heavy atom. The van der Waals surface area contributed by atoms with Gasteiger partial charge in [-0.05, 0) is 29.4 Å². The second-order valence-electron chi connectivity index (χ2n) is 6.48. The van der Waals surface area contributed by atoms with Crippen molar-refractivity contribution in [1.82, 2.24) is 0 Å². The molecule has 0 amide bonds. The third kappa shape index (κ3) is 4.32. The van der Waals surface area contributed by atoms with E-state index in [1.807, 2.05) is 6.07 Å². The van der Waals surface area contributed by atoms with Gasteiger partial charge in [-0.3, -0.25) is 4.99 Å². The van der Waals surface area contributed by atoms with Crippen LogP contribution in [0.4, 0.5) is 0 Å². The van der Waals surface area contributed by atoms with Crippen LogP contribution in [0.5, 0.6) is 0 Å². The Morgan fingerprint density at radius 1 is 0.741 bits per heavy atom. The topological polar surface area (TPSA) is 12.4 Å². The molecular formula is C25H22NP. The number of allylic oxidation sites excluding steroid dienone is 4. The van der Waals surface area contributed by atoms with Crippen molar-refractivity contribution in [2.45, 2.75) is 6.54 Å². The van der Waals surface area contributed by atoms with Gasteiger partial charge in [0.05, 0.1) is 6.54 Å². The van der Waals surface area contributed by atoms with E-state index in [1.165, 1.54) is 21.5 Å². The molecule has 0 N–H and O–H groups in total. The number of rotatable bonds is 6. The second-order valence-corrected chi connectivity index (χ2v) is 8.70. The van der Waals surface area contributed by atoms with Gasteiger partial charge in [0.2, 0.25) is 0 Å². The van der Waals surface area contributed by atoms with Gasteiger partial charge in [-0.15, -0.1) is 0 Å². The molecule has 0 aliphatic heterocycles. The van der Waals surface area contributed by atoms with E-state index in [-0.39, 0.29) is 5.92 Å². The molecule has 0 bridgehead atoms. The molecule has 1 unspecified atom stereocenters.